The van der Waals surface area contributed by atoms with Crippen molar-refractivity contribution < 1.29 is 9.59 Å². The lowest BCUT2D eigenvalue weighted by Crippen LogP contribution is -2.50. The first kappa shape index (κ1) is 11.2. The summed E-state index contributed by atoms with van der Waals surface area (Å²) in [4.78, 5) is 21.6. The Balaban J connectivity index is 4.34. The van der Waals surface area contributed by atoms with Gasteiger partial charge < -0.3 is 11.1 Å². The van der Waals surface area contributed by atoms with E-state index in [4.69, 9.17) is 11.0 Å². The molecule has 72 valence electrons. The minimum absolute atomic E-state index is 0.124. The van der Waals surface area contributed by atoms with Crippen LogP contribution in [-0.4, -0.2) is 18.0 Å². The third kappa shape index (κ3) is 3.96. The van der Waals surface area contributed by atoms with Crippen molar-refractivity contribution in [3.05, 3.63) is 0 Å². The zero-order valence-corrected chi connectivity index (χ0v) is 7.50. The number of amides is 3. The predicted molar refractivity (Wildman–Crippen MR) is 45.1 cm³/mol. The number of hydrogen-bond acceptors (Lipinski definition) is 3. The van der Waals surface area contributed by atoms with E-state index in [2.05, 4.69) is 5.32 Å². The van der Waals surface area contributed by atoms with Gasteiger partial charge >= 0.3 is 6.03 Å². The Bertz CT molecular complexity index is 243. The third-order valence-corrected chi connectivity index (χ3v) is 1.43. The Morgan fingerprint density at radius 1 is 1.46 bits per heavy atom. The second kappa shape index (κ2) is 4.98. The van der Waals surface area contributed by atoms with Crippen LogP contribution in [0.1, 0.15) is 13.8 Å². The van der Waals surface area contributed by atoms with E-state index in [0.717, 1.165) is 0 Å². The summed E-state index contributed by atoms with van der Waals surface area (Å²) in [6, 6.07) is -1.55. The van der Waals surface area contributed by atoms with Crippen LogP contribution in [0.25, 0.3) is 0 Å². The summed E-state index contributed by atoms with van der Waals surface area (Å²) in [5.41, 5.74) is 4.85. The molecular weight excluding hydrogens is 172 g/mol. The van der Waals surface area contributed by atoms with Gasteiger partial charge in [0.05, 0.1) is 0 Å². The number of nitrogens with one attached hydrogen (secondary N) is 2. The van der Waals surface area contributed by atoms with Crippen molar-refractivity contribution in [2.75, 3.05) is 0 Å². The predicted octanol–water partition coefficient (Wildman–Crippen LogP) is -0.723. The summed E-state index contributed by atoms with van der Waals surface area (Å²) >= 11 is 0. The molecule has 4 N–H and O–H groups in total. The number of rotatable bonds is 3. The Morgan fingerprint density at radius 2 is 2.00 bits per heavy atom. The summed E-state index contributed by atoms with van der Waals surface area (Å²) in [5.74, 6) is -0.683. The highest BCUT2D eigenvalue weighted by atomic mass is 16.2. The lowest BCUT2D eigenvalue weighted by Gasteiger charge is -2.18. The quantitative estimate of drug-likeness (QED) is 0.397. The van der Waals surface area contributed by atoms with Crippen molar-refractivity contribution in [3.63, 3.8) is 0 Å². The maximum Gasteiger partial charge on any atom is 0.312 e. The monoisotopic (exact) mass is 184 g/mol. The average molecular weight is 184 g/mol. The molecule has 1 atom stereocenters. The molecule has 0 aliphatic carbocycles. The molecule has 13 heavy (non-hydrogen) atoms. The van der Waals surface area contributed by atoms with Crippen LogP contribution in [0.3, 0.4) is 0 Å². The maximum atomic E-state index is 11.1. The molecule has 0 rings (SSSR count). The van der Waals surface area contributed by atoms with Crippen LogP contribution in [0.15, 0.2) is 0 Å². The van der Waals surface area contributed by atoms with Gasteiger partial charge in [-0.1, -0.05) is 13.8 Å². The summed E-state index contributed by atoms with van der Waals surface area (Å²) in [7, 11) is 0. The van der Waals surface area contributed by atoms with Crippen LogP contribution in [0.2, 0.25) is 0 Å². The molecule has 3 amide bonds. The molecule has 0 aliphatic heterocycles. The maximum absolute atomic E-state index is 11.1. The molecular formula is C7H12N4O2. The number of carbonyl (C=O) groups is 2. The fraction of sp³-hybridized carbons (Fsp3) is 0.571. The number of nitrogens with zero attached hydrogens (tertiary/aromatic N) is 1. The number of nitriles is 1. The van der Waals surface area contributed by atoms with Gasteiger partial charge in [-0.3, -0.25) is 10.1 Å². The number of urea groups is 1. The van der Waals surface area contributed by atoms with Gasteiger partial charge in [-0.2, -0.15) is 5.26 Å². The van der Waals surface area contributed by atoms with Crippen LogP contribution in [-0.2, 0) is 4.79 Å². The SMILES string of the molecule is CC(C)C(NC(N)=O)C(=O)NC#N. The lowest BCUT2D eigenvalue weighted by molar-refractivity contribution is -0.122. The van der Waals surface area contributed by atoms with Gasteiger partial charge in [0.25, 0.3) is 5.91 Å². The molecule has 0 saturated heterocycles. The van der Waals surface area contributed by atoms with Crippen molar-refractivity contribution in [1.82, 2.24) is 10.6 Å². The van der Waals surface area contributed by atoms with Gasteiger partial charge in [-0.25, -0.2) is 4.79 Å². The van der Waals surface area contributed by atoms with Crippen LogP contribution in [0.4, 0.5) is 4.79 Å². The van der Waals surface area contributed by atoms with Gasteiger partial charge in [-0.15, -0.1) is 0 Å². The van der Waals surface area contributed by atoms with E-state index < -0.39 is 18.0 Å². The first-order chi connectivity index (χ1) is 5.99. The van der Waals surface area contributed by atoms with E-state index in [1.54, 1.807) is 13.8 Å². The molecule has 0 radical (unpaired) electrons. The highest BCUT2D eigenvalue weighted by molar-refractivity contribution is 5.87. The van der Waals surface area contributed by atoms with Crippen molar-refractivity contribution in [3.8, 4) is 6.19 Å². The lowest BCUT2D eigenvalue weighted by atomic mass is 10.0. The number of hydrogen-bond donors (Lipinski definition) is 3. The summed E-state index contributed by atoms with van der Waals surface area (Å²) in [6.07, 6.45) is 1.48. The van der Waals surface area contributed by atoms with E-state index in [1.165, 1.54) is 6.19 Å². The van der Waals surface area contributed by atoms with Crippen molar-refractivity contribution >= 4 is 11.9 Å². The number of primary amides is 1. The van der Waals surface area contributed by atoms with E-state index in [-0.39, 0.29) is 5.92 Å². The molecule has 0 aromatic carbocycles. The molecule has 1 unspecified atom stereocenters. The first-order valence-corrected chi connectivity index (χ1v) is 3.74. The van der Waals surface area contributed by atoms with Crippen LogP contribution < -0.4 is 16.4 Å². The van der Waals surface area contributed by atoms with E-state index >= 15 is 0 Å². The minimum atomic E-state index is -0.785. The molecule has 0 fully saturated rings. The van der Waals surface area contributed by atoms with E-state index in [0.29, 0.717) is 0 Å². The normalized spacial score (nSPS) is 11.5. The molecule has 6 heteroatoms. The standard InChI is InChI=1S/C7H12N4O2/c1-4(2)5(11-7(9)13)6(12)10-3-8/h4-5H,1-2H3,(H,10,12)(H3,9,11,13). The zero-order chi connectivity index (χ0) is 10.4. The fourth-order valence-corrected chi connectivity index (χ4v) is 0.821. The van der Waals surface area contributed by atoms with Gasteiger partial charge in [0.15, 0.2) is 6.19 Å². The van der Waals surface area contributed by atoms with Crippen molar-refractivity contribution in [2.24, 2.45) is 11.7 Å². The van der Waals surface area contributed by atoms with Crippen LogP contribution in [0, 0.1) is 17.4 Å². The van der Waals surface area contributed by atoms with E-state index in [9.17, 15) is 9.59 Å². The Hall–Kier alpha value is -1.77. The van der Waals surface area contributed by atoms with Crippen molar-refractivity contribution in [1.29, 1.82) is 5.26 Å². The number of nitrogens with two attached hydrogens (primary N) is 1. The molecule has 0 aromatic rings. The van der Waals surface area contributed by atoms with Crippen LogP contribution >= 0.6 is 0 Å². The second-order valence-electron chi connectivity index (χ2n) is 2.83. The molecule has 0 bridgehead atoms. The fourth-order valence-electron chi connectivity index (χ4n) is 0.821. The summed E-state index contributed by atoms with van der Waals surface area (Å²) in [5, 5.41) is 12.3. The molecule has 0 aliphatic rings. The number of carbonyl (C=O) groups excluding carboxylic acids is 2. The second-order valence-corrected chi connectivity index (χ2v) is 2.83. The molecule has 0 saturated carbocycles. The average Bonchev–Trinajstić information content (AvgIpc) is 1.99. The molecule has 0 aromatic heterocycles. The van der Waals surface area contributed by atoms with E-state index in [1.807, 2.05) is 5.32 Å². The zero-order valence-electron chi connectivity index (χ0n) is 7.50. The Kier molecular flexibility index (Phi) is 4.30. The van der Waals surface area contributed by atoms with Gasteiger partial charge in [0.2, 0.25) is 0 Å². The van der Waals surface area contributed by atoms with Gasteiger partial charge in [-0.05, 0) is 5.92 Å². The molecule has 0 spiro atoms. The third-order valence-electron chi connectivity index (χ3n) is 1.43. The van der Waals surface area contributed by atoms with Gasteiger partial charge in [0.1, 0.15) is 6.04 Å². The van der Waals surface area contributed by atoms with Gasteiger partial charge in [0, 0.05) is 0 Å². The topological polar surface area (TPSA) is 108 Å². The Labute approximate surface area is 76.1 Å². The Morgan fingerprint density at radius 3 is 2.31 bits per heavy atom. The molecule has 0 heterocycles. The first-order valence-electron chi connectivity index (χ1n) is 3.74. The van der Waals surface area contributed by atoms with Crippen LogP contribution in [0.5, 0.6) is 0 Å². The highest BCUT2D eigenvalue weighted by Gasteiger charge is 2.22. The highest BCUT2D eigenvalue weighted by Crippen LogP contribution is 2.00. The minimum Gasteiger partial charge on any atom is -0.352 e. The summed E-state index contributed by atoms with van der Waals surface area (Å²) in [6.45, 7) is 3.47. The smallest absolute Gasteiger partial charge is 0.312 e. The van der Waals surface area contributed by atoms with Crippen molar-refractivity contribution in [2.45, 2.75) is 19.9 Å². The summed E-state index contributed by atoms with van der Waals surface area (Å²) < 4.78 is 0. The molecule has 6 nitrogen and oxygen atoms in total. The largest absolute Gasteiger partial charge is 0.352 e.